The molecular weight excluding hydrogens is 316 g/mol. The van der Waals surface area contributed by atoms with Crippen LogP contribution >= 0.6 is 0 Å². The maximum absolute atomic E-state index is 12.5. The van der Waals surface area contributed by atoms with E-state index in [-0.39, 0.29) is 11.3 Å². The molecule has 3 aromatic carbocycles. The number of hydrogen-bond acceptors (Lipinski definition) is 4. The van der Waals surface area contributed by atoms with Gasteiger partial charge in [-0.25, -0.2) is 9.59 Å². The van der Waals surface area contributed by atoms with Crippen LogP contribution in [0.1, 0.15) is 26.3 Å². The van der Waals surface area contributed by atoms with Gasteiger partial charge in [0.25, 0.3) is 0 Å². The van der Waals surface area contributed by atoms with Crippen LogP contribution in [0.5, 0.6) is 11.5 Å². The van der Waals surface area contributed by atoms with Crippen LogP contribution in [0.3, 0.4) is 0 Å². The van der Waals surface area contributed by atoms with Crippen molar-refractivity contribution in [1.29, 1.82) is 0 Å². The highest BCUT2D eigenvalue weighted by molar-refractivity contribution is 5.97. The SMILES string of the molecule is Cc1cccc(C(=O)Oc2ccccc2)c1OC(=O)c1ccccc1. The maximum Gasteiger partial charge on any atom is 0.347 e. The van der Waals surface area contributed by atoms with Crippen molar-refractivity contribution in [2.75, 3.05) is 0 Å². The molecule has 0 aliphatic heterocycles. The molecular formula is C21H16O4. The molecule has 0 aliphatic rings. The van der Waals surface area contributed by atoms with Gasteiger partial charge in [-0.1, -0.05) is 48.5 Å². The zero-order valence-electron chi connectivity index (χ0n) is 13.6. The highest BCUT2D eigenvalue weighted by Crippen LogP contribution is 2.26. The molecule has 0 saturated heterocycles. The molecule has 3 rings (SSSR count). The Morgan fingerprint density at radius 2 is 1.32 bits per heavy atom. The molecule has 0 unspecified atom stereocenters. The van der Waals surface area contributed by atoms with E-state index in [0.717, 1.165) is 0 Å². The first-order chi connectivity index (χ1) is 12.1. The first-order valence-corrected chi connectivity index (χ1v) is 7.79. The molecule has 0 bridgehead atoms. The van der Waals surface area contributed by atoms with Gasteiger partial charge in [-0.15, -0.1) is 0 Å². The molecule has 0 heterocycles. The number of carbonyl (C=O) groups is 2. The monoisotopic (exact) mass is 332 g/mol. The summed E-state index contributed by atoms with van der Waals surface area (Å²) in [5, 5.41) is 0. The van der Waals surface area contributed by atoms with E-state index in [0.29, 0.717) is 16.9 Å². The second-order valence-electron chi connectivity index (χ2n) is 5.41. The Kier molecular flexibility index (Phi) is 4.90. The summed E-state index contributed by atoms with van der Waals surface area (Å²) in [4.78, 5) is 24.8. The second kappa shape index (κ2) is 7.45. The average molecular weight is 332 g/mol. The highest BCUT2D eigenvalue weighted by Gasteiger charge is 2.20. The fourth-order valence-corrected chi connectivity index (χ4v) is 2.33. The van der Waals surface area contributed by atoms with Gasteiger partial charge in [-0.05, 0) is 42.8 Å². The molecule has 4 nitrogen and oxygen atoms in total. The van der Waals surface area contributed by atoms with Gasteiger partial charge >= 0.3 is 11.9 Å². The molecule has 0 spiro atoms. The maximum atomic E-state index is 12.5. The third kappa shape index (κ3) is 3.93. The van der Waals surface area contributed by atoms with Crippen molar-refractivity contribution in [3.63, 3.8) is 0 Å². The summed E-state index contributed by atoms with van der Waals surface area (Å²) >= 11 is 0. The van der Waals surface area contributed by atoms with E-state index in [9.17, 15) is 9.59 Å². The Bertz CT molecular complexity index is 886. The molecule has 124 valence electrons. The first-order valence-electron chi connectivity index (χ1n) is 7.79. The molecule has 3 aromatic rings. The smallest absolute Gasteiger partial charge is 0.347 e. The molecule has 4 heteroatoms. The lowest BCUT2D eigenvalue weighted by Gasteiger charge is -2.12. The number of esters is 2. The minimum atomic E-state index is -0.578. The van der Waals surface area contributed by atoms with Gasteiger partial charge in [0.1, 0.15) is 17.1 Å². The van der Waals surface area contributed by atoms with Crippen molar-refractivity contribution >= 4 is 11.9 Å². The minimum absolute atomic E-state index is 0.202. The lowest BCUT2D eigenvalue weighted by atomic mass is 10.1. The van der Waals surface area contributed by atoms with E-state index in [2.05, 4.69) is 0 Å². The summed E-state index contributed by atoms with van der Waals surface area (Å²) in [7, 11) is 0. The van der Waals surface area contributed by atoms with Gasteiger partial charge < -0.3 is 9.47 Å². The van der Waals surface area contributed by atoms with Gasteiger partial charge in [0.2, 0.25) is 0 Å². The van der Waals surface area contributed by atoms with E-state index in [1.807, 2.05) is 12.1 Å². The second-order valence-corrected chi connectivity index (χ2v) is 5.41. The van der Waals surface area contributed by atoms with Crippen molar-refractivity contribution in [2.45, 2.75) is 6.92 Å². The molecule has 25 heavy (non-hydrogen) atoms. The number of ether oxygens (including phenoxy) is 2. The fraction of sp³-hybridized carbons (Fsp3) is 0.0476. The van der Waals surface area contributed by atoms with Gasteiger partial charge in [0.15, 0.2) is 0 Å². The van der Waals surface area contributed by atoms with Gasteiger partial charge in [-0.2, -0.15) is 0 Å². The van der Waals surface area contributed by atoms with Crippen molar-refractivity contribution in [1.82, 2.24) is 0 Å². The number of hydrogen-bond donors (Lipinski definition) is 0. The minimum Gasteiger partial charge on any atom is -0.423 e. The Labute approximate surface area is 145 Å². The summed E-state index contributed by atoms with van der Waals surface area (Å²) in [5.74, 6) is -0.471. The Hall–Kier alpha value is -3.40. The number of aryl methyl sites for hydroxylation is 1. The van der Waals surface area contributed by atoms with Crippen molar-refractivity contribution < 1.29 is 19.1 Å². The van der Waals surface area contributed by atoms with Gasteiger partial charge in [0.05, 0.1) is 5.56 Å². The number of para-hydroxylation sites is 2. The van der Waals surface area contributed by atoms with Crippen LogP contribution in [0.25, 0.3) is 0 Å². The third-order valence-corrected chi connectivity index (χ3v) is 3.59. The van der Waals surface area contributed by atoms with Crippen LogP contribution in [0.4, 0.5) is 0 Å². The molecule has 0 aliphatic carbocycles. The molecule has 0 atom stereocenters. The van der Waals surface area contributed by atoms with E-state index in [1.165, 1.54) is 0 Å². The topological polar surface area (TPSA) is 52.6 Å². The third-order valence-electron chi connectivity index (χ3n) is 3.59. The predicted octanol–water partition coefficient (Wildman–Crippen LogP) is 4.43. The Balaban J connectivity index is 1.87. The van der Waals surface area contributed by atoms with E-state index in [1.54, 1.807) is 73.7 Å². The van der Waals surface area contributed by atoms with Crippen molar-refractivity contribution in [2.24, 2.45) is 0 Å². The highest BCUT2D eigenvalue weighted by atomic mass is 16.5. The van der Waals surface area contributed by atoms with Crippen molar-refractivity contribution in [3.8, 4) is 11.5 Å². The lowest BCUT2D eigenvalue weighted by Crippen LogP contribution is -2.15. The summed E-state index contributed by atoms with van der Waals surface area (Å²) in [6.07, 6.45) is 0. The number of carbonyl (C=O) groups excluding carboxylic acids is 2. The number of benzene rings is 3. The fourth-order valence-electron chi connectivity index (χ4n) is 2.33. The summed E-state index contributed by atoms with van der Waals surface area (Å²) in [6.45, 7) is 1.77. The van der Waals surface area contributed by atoms with Crippen LogP contribution in [0.2, 0.25) is 0 Å². The Morgan fingerprint density at radius 1 is 0.680 bits per heavy atom. The number of rotatable bonds is 4. The van der Waals surface area contributed by atoms with Gasteiger partial charge in [0, 0.05) is 0 Å². The lowest BCUT2D eigenvalue weighted by molar-refractivity contribution is 0.0706. The van der Waals surface area contributed by atoms with Gasteiger partial charge in [-0.3, -0.25) is 0 Å². The van der Waals surface area contributed by atoms with Crippen LogP contribution in [0, 0.1) is 6.92 Å². The van der Waals surface area contributed by atoms with E-state index < -0.39 is 11.9 Å². The first kappa shape index (κ1) is 16.5. The molecule has 0 radical (unpaired) electrons. The molecule has 0 aromatic heterocycles. The molecule has 0 fully saturated rings. The summed E-state index contributed by atoms with van der Waals surface area (Å²) in [5.41, 5.74) is 1.29. The average Bonchev–Trinajstić information content (AvgIpc) is 2.64. The zero-order chi connectivity index (χ0) is 17.6. The largest absolute Gasteiger partial charge is 0.423 e. The van der Waals surface area contributed by atoms with Crippen LogP contribution in [-0.2, 0) is 0 Å². The predicted molar refractivity (Wildman–Crippen MR) is 94.0 cm³/mol. The van der Waals surface area contributed by atoms with Crippen LogP contribution in [0.15, 0.2) is 78.9 Å². The molecule has 0 amide bonds. The summed E-state index contributed by atoms with van der Waals surface area (Å²) < 4.78 is 10.8. The standard InChI is InChI=1S/C21H16O4/c1-15-9-8-14-18(21(23)24-17-12-6-3-7-13-17)19(15)25-20(22)16-10-4-2-5-11-16/h2-14H,1H3. The van der Waals surface area contributed by atoms with E-state index in [4.69, 9.17) is 9.47 Å². The zero-order valence-corrected chi connectivity index (χ0v) is 13.6. The molecule has 0 saturated carbocycles. The summed E-state index contributed by atoms with van der Waals surface area (Å²) in [6, 6.07) is 22.4. The normalized spacial score (nSPS) is 10.1. The Morgan fingerprint density at radius 3 is 2.00 bits per heavy atom. The quantitative estimate of drug-likeness (QED) is 0.524. The van der Waals surface area contributed by atoms with Crippen molar-refractivity contribution in [3.05, 3.63) is 95.6 Å². The molecule has 0 N–H and O–H groups in total. The van der Waals surface area contributed by atoms with E-state index >= 15 is 0 Å². The van der Waals surface area contributed by atoms with Crippen LogP contribution in [-0.4, -0.2) is 11.9 Å². The van der Waals surface area contributed by atoms with Crippen LogP contribution < -0.4 is 9.47 Å².